The van der Waals surface area contributed by atoms with Crippen LogP contribution in [0.1, 0.15) is 13.8 Å². The smallest absolute Gasteiger partial charge is 0.394 e. The van der Waals surface area contributed by atoms with E-state index >= 15 is 0 Å². The minimum absolute atomic E-state index is 0.345. The largest absolute Gasteiger partial charge is 0.474 e. The van der Waals surface area contributed by atoms with Crippen molar-refractivity contribution in [1.29, 1.82) is 0 Å². The van der Waals surface area contributed by atoms with Gasteiger partial charge in [-0.2, -0.15) is 0 Å². The third kappa shape index (κ3) is 1.98. The van der Waals surface area contributed by atoms with Gasteiger partial charge in [0.1, 0.15) is 0 Å². The molecule has 0 aromatic rings. The molecule has 0 unspecified atom stereocenters. The van der Waals surface area contributed by atoms with Gasteiger partial charge in [-0.1, -0.05) is 0 Å². The number of morpholine rings is 1. The molecule has 0 aromatic carbocycles. The lowest BCUT2D eigenvalue weighted by Gasteiger charge is -2.40. The summed E-state index contributed by atoms with van der Waals surface area (Å²) in [6.45, 7) is 4.70. The minimum atomic E-state index is -1.41. The molecular formula is C8H13NO4. The molecule has 0 bridgehead atoms. The van der Waals surface area contributed by atoms with Gasteiger partial charge in [-0.15, -0.1) is 0 Å². The molecule has 0 radical (unpaired) electrons. The van der Waals surface area contributed by atoms with Crippen molar-refractivity contribution in [3.63, 3.8) is 0 Å². The van der Waals surface area contributed by atoms with Crippen molar-refractivity contribution in [2.24, 2.45) is 0 Å². The van der Waals surface area contributed by atoms with Crippen molar-refractivity contribution in [3.05, 3.63) is 0 Å². The summed E-state index contributed by atoms with van der Waals surface area (Å²) >= 11 is 0. The number of nitrogens with zero attached hydrogens (tertiary/aromatic N) is 1. The van der Waals surface area contributed by atoms with Crippen LogP contribution >= 0.6 is 0 Å². The standard InChI is InChI=1S/C8H13NO4/c1-8(2)5-13-4-3-9(8)6(10)7(11)12/h3-5H2,1-2H3,(H,11,12). The third-order valence-corrected chi connectivity index (χ3v) is 2.07. The summed E-state index contributed by atoms with van der Waals surface area (Å²) in [7, 11) is 0. The molecule has 5 nitrogen and oxygen atoms in total. The van der Waals surface area contributed by atoms with Crippen molar-refractivity contribution in [2.45, 2.75) is 19.4 Å². The van der Waals surface area contributed by atoms with Gasteiger partial charge >= 0.3 is 11.9 Å². The molecule has 1 N–H and O–H groups in total. The lowest BCUT2D eigenvalue weighted by molar-refractivity contribution is -0.164. The van der Waals surface area contributed by atoms with Crippen molar-refractivity contribution in [3.8, 4) is 0 Å². The van der Waals surface area contributed by atoms with Gasteiger partial charge in [-0.25, -0.2) is 4.79 Å². The monoisotopic (exact) mass is 187 g/mol. The van der Waals surface area contributed by atoms with E-state index < -0.39 is 17.4 Å². The Morgan fingerprint density at radius 2 is 2.08 bits per heavy atom. The van der Waals surface area contributed by atoms with Crippen LogP contribution in [0.4, 0.5) is 0 Å². The maximum absolute atomic E-state index is 11.2. The maximum Gasteiger partial charge on any atom is 0.394 e. The number of ether oxygens (including phenoxy) is 1. The van der Waals surface area contributed by atoms with Crippen molar-refractivity contribution in [2.75, 3.05) is 19.8 Å². The van der Waals surface area contributed by atoms with E-state index in [9.17, 15) is 9.59 Å². The highest BCUT2D eigenvalue weighted by Gasteiger charge is 2.36. The van der Waals surface area contributed by atoms with Crippen LogP contribution in [0.5, 0.6) is 0 Å². The van der Waals surface area contributed by atoms with E-state index in [0.29, 0.717) is 19.8 Å². The Labute approximate surface area is 76.3 Å². The molecule has 74 valence electrons. The molecule has 0 atom stereocenters. The Kier molecular flexibility index (Phi) is 2.56. The van der Waals surface area contributed by atoms with Gasteiger partial charge in [-0.3, -0.25) is 4.79 Å². The number of hydrogen-bond acceptors (Lipinski definition) is 3. The Morgan fingerprint density at radius 1 is 1.46 bits per heavy atom. The first-order valence-electron chi connectivity index (χ1n) is 4.08. The summed E-state index contributed by atoms with van der Waals surface area (Å²) in [5.41, 5.74) is -0.520. The Morgan fingerprint density at radius 3 is 2.54 bits per heavy atom. The normalized spacial score (nSPS) is 21.2. The number of carboxylic acids is 1. The molecule has 0 saturated carbocycles. The van der Waals surface area contributed by atoms with Gasteiger partial charge in [0, 0.05) is 6.54 Å². The zero-order valence-electron chi connectivity index (χ0n) is 7.74. The molecule has 5 heteroatoms. The predicted molar refractivity (Wildman–Crippen MR) is 44.2 cm³/mol. The summed E-state index contributed by atoms with van der Waals surface area (Å²) in [4.78, 5) is 23.0. The molecular weight excluding hydrogens is 174 g/mol. The van der Waals surface area contributed by atoms with Crippen LogP contribution in [0.15, 0.2) is 0 Å². The quantitative estimate of drug-likeness (QED) is 0.529. The summed E-state index contributed by atoms with van der Waals surface area (Å²) in [6, 6.07) is 0. The molecule has 1 aliphatic heterocycles. The van der Waals surface area contributed by atoms with E-state index in [4.69, 9.17) is 9.84 Å². The van der Waals surface area contributed by atoms with E-state index in [0.717, 1.165) is 0 Å². The molecule has 1 fully saturated rings. The first-order valence-corrected chi connectivity index (χ1v) is 4.08. The second-order valence-corrected chi connectivity index (χ2v) is 3.63. The average Bonchev–Trinajstić information content (AvgIpc) is 2.02. The molecule has 1 aliphatic rings. The highest BCUT2D eigenvalue weighted by atomic mass is 16.5. The first kappa shape index (κ1) is 9.98. The van der Waals surface area contributed by atoms with Gasteiger partial charge in [0.2, 0.25) is 0 Å². The molecule has 13 heavy (non-hydrogen) atoms. The Hall–Kier alpha value is -1.10. The molecule has 0 aliphatic carbocycles. The van der Waals surface area contributed by atoms with Crippen LogP contribution in [-0.2, 0) is 14.3 Å². The SMILES string of the molecule is CC1(C)COCCN1C(=O)C(=O)O. The van der Waals surface area contributed by atoms with E-state index in [2.05, 4.69) is 0 Å². The summed E-state index contributed by atoms with van der Waals surface area (Å²) in [5.74, 6) is -2.26. The van der Waals surface area contributed by atoms with Crippen LogP contribution in [0, 0.1) is 0 Å². The van der Waals surface area contributed by atoms with Crippen molar-refractivity contribution >= 4 is 11.9 Å². The number of amides is 1. The fourth-order valence-electron chi connectivity index (χ4n) is 1.35. The van der Waals surface area contributed by atoms with Crippen LogP contribution in [0.2, 0.25) is 0 Å². The predicted octanol–water partition coefficient (Wildman–Crippen LogP) is -0.292. The number of carboxylic acid groups (broad SMARTS) is 1. The fourth-order valence-corrected chi connectivity index (χ4v) is 1.35. The molecule has 1 heterocycles. The molecule has 1 amide bonds. The number of hydrogen-bond donors (Lipinski definition) is 1. The first-order chi connectivity index (χ1) is 5.95. The molecule has 0 aromatic heterocycles. The highest BCUT2D eigenvalue weighted by molar-refractivity contribution is 6.31. The molecule has 0 spiro atoms. The third-order valence-electron chi connectivity index (χ3n) is 2.07. The van der Waals surface area contributed by atoms with Gasteiger partial charge in [0.05, 0.1) is 18.8 Å². The van der Waals surface area contributed by atoms with Gasteiger partial charge in [0.25, 0.3) is 0 Å². The number of carbonyl (C=O) groups excluding carboxylic acids is 1. The van der Waals surface area contributed by atoms with Gasteiger partial charge < -0.3 is 14.7 Å². The second-order valence-electron chi connectivity index (χ2n) is 3.63. The van der Waals surface area contributed by atoms with Crippen LogP contribution in [-0.4, -0.2) is 47.2 Å². The number of carbonyl (C=O) groups is 2. The topological polar surface area (TPSA) is 66.8 Å². The number of rotatable bonds is 0. The Bertz CT molecular complexity index is 236. The average molecular weight is 187 g/mol. The summed E-state index contributed by atoms with van der Waals surface area (Å²) < 4.78 is 5.16. The van der Waals surface area contributed by atoms with E-state index in [1.54, 1.807) is 13.8 Å². The Balaban J connectivity index is 2.77. The fraction of sp³-hybridized carbons (Fsp3) is 0.750. The lowest BCUT2D eigenvalue weighted by atomic mass is 10.0. The summed E-state index contributed by atoms with van der Waals surface area (Å²) in [6.07, 6.45) is 0. The highest BCUT2D eigenvalue weighted by Crippen LogP contribution is 2.18. The maximum atomic E-state index is 11.2. The molecule has 1 rings (SSSR count). The van der Waals surface area contributed by atoms with E-state index in [1.165, 1.54) is 4.90 Å². The zero-order chi connectivity index (χ0) is 10.1. The molecule has 1 saturated heterocycles. The van der Waals surface area contributed by atoms with Crippen molar-refractivity contribution < 1.29 is 19.4 Å². The lowest BCUT2D eigenvalue weighted by Crippen LogP contribution is -2.57. The van der Waals surface area contributed by atoms with E-state index in [-0.39, 0.29) is 0 Å². The summed E-state index contributed by atoms with van der Waals surface area (Å²) in [5, 5.41) is 8.53. The number of aliphatic carboxylic acids is 1. The van der Waals surface area contributed by atoms with Crippen molar-refractivity contribution in [1.82, 2.24) is 4.90 Å². The van der Waals surface area contributed by atoms with Gasteiger partial charge in [-0.05, 0) is 13.8 Å². The van der Waals surface area contributed by atoms with Gasteiger partial charge in [0.15, 0.2) is 0 Å². The van der Waals surface area contributed by atoms with Crippen LogP contribution in [0.25, 0.3) is 0 Å². The second kappa shape index (κ2) is 3.33. The van der Waals surface area contributed by atoms with Crippen LogP contribution in [0.3, 0.4) is 0 Å². The van der Waals surface area contributed by atoms with Crippen LogP contribution < -0.4 is 0 Å². The minimum Gasteiger partial charge on any atom is -0.474 e. The van der Waals surface area contributed by atoms with E-state index in [1.807, 2.05) is 0 Å². The zero-order valence-corrected chi connectivity index (χ0v) is 7.74.